The minimum absolute atomic E-state index is 0.0720. The van der Waals surface area contributed by atoms with E-state index in [4.69, 9.17) is 0 Å². The van der Waals surface area contributed by atoms with Crippen molar-refractivity contribution in [2.45, 2.75) is 32.2 Å². The first-order valence-corrected chi connectivity index (χ1v) is 11.5. The number of benzene rings is 1. The van der Waals surface area contributed by atoms with Crippen LogP contribution < -0.4 is 10.2 Å². The number of nitrogens with one attached hydrogen (secondary N) is 1. The minimum atomic E-state index is 0.0720. The lowest BCUT2D eigenvalue weighted by Gasteiger charge is -2.40. The van der Waals surface area contributed by atoms with Crippen molar-refractivity contribution in [2.75, 3.05) is 51.2 Å². The Hall–Kier alpha value is -1.79. The van der Waals surface area contributed by atoms with E-state index in [0.29, 0.717) is 6.04 Å². The summed E-state index contributed by atoms with van der Waals surface area (Å²) in [5, 5.41) is 6.73. The van der Waals surface area contributed by atoms with Crippen molar-refractivity contribution >= 4 is 33.1 Å². The fourth-order valence-electron chi connectivity index (χ4n) is 4.35. The average molecular weight is 401 g/mol. The molecule has 2 heterocycles. The molecule has 2 aromatic rings. The Balaban J connectivity index is 1.17. The first-order valence-electron chi connectivity index (χ1n) is 10.6. The average Bonchev–Trinajstić information content (AvgIpc) is 3.18. The van der Waals surface area contributed by atoms with Crippen LogP contribution in [-0.4, -0.2) is 68.2 Å². The van der Waals surface area contributed by atoms with Gasteiger partial charge in [0.2, 0.25) is 0 Å². The Morgan fingerprint density at radius 3 is 2.75 bits per heavy atom. The van der Waals surface area contributed by atoms with Gasteiger partial charge < -0.3 is 15.1 Å². The molecule has 1 aliphatic heterocycles. The summed E-state index contributed by atoms with van der Waals surface area (Å²) in [7, 11) is 1.85. The van der Waals surface area contributed by atoms with Crippen molar-refractivity contribution in [1.82, 2.24) is 15.1 Å². The second-order valence-electron chi connectivity index (χ2n) is 8.22. The number of urea groups is 1. The number of hydrogen-bond donors (Lipinski definition) is 1. The molecule has 4 rings (SSSR count). The molecule has 0 unspecified atom stereocenters. The quantitative estimate of drug-likeness (QED) is 0.800. The number of amides is 2. The number of nitrogens with zero attached hydrogens (tertiary/aromatic N) is 3. The third kappa shape index (κ3) is 4.28. The molecular formula is C22H32N4OS. The number of thiophene rings is 1. The molecule has 6 heteroatoms. The van der Waals surface area contributed by atoms with E-state index in [1.54, 1.807) is 4.90 Å². The highest BCUT2D eigenvalue weighted by atomic mass is 32.1. The number of rotatable bonds is 6. The molecule has 1 aromatic carbocycles. The summed E-state index contributed by atoms with van der Waals surface area (Å²) in [4.78, 5) is 18.8. The molecule has 2 aliphatic rings. The van der Waals surface area contributed by atoms with Gasteiger partial charge in [-0.25, -0.2) is 4.79 Å². The molecule has 1 N–H and O–H groups in total. The van der Waals surface area contributed by atoms with Crippen LogP contribution in [0.3, 0.4) is 0 Å². The van der Waals surface area contributed by atoms with Gasteiger partial charge in [-0.15, -0.1) is 11.3 Å². The smallest absolute Gasteiger partial charge is 0.317 e. The number of hydrogen-bond acceptors (Lipinski definition) is 4. The van der Waals surface area contributed by atoms with Crippen molar-refractivity contribution in [3.63, 3.8) is 0 Å². The van der Waals surface area contributed by atoms with E-state index >= 15 is 0 Å². The van der Waals surface area contributed by atoms with Gasteiger partial charge in [0.15, 0.2) is 0 Å². The molecule has 5 nitrogen and oxygen atoms in total. The lowest BCUT2D eigenvalue weighted by Crippen LogP contribution is -2.50. The standard InChI is InChI=1S/C22H32N4OS/c1-3-24(2)22(27)23-18-15-17(16-18)7-9-25-10-12-26(13-11-25)20-5-4-6-21-19(20)8-14-28-21/h4-6,8,14,17-18H,3,7,9-13,15-16H2,1-2H3,(H,23,27). The van der Waals surface area contributed by atoms with Gasteiger partial charge in [-0.1, -0.05) is 6.07 Å². The van der Waals surface area contributed by atoms with Crippen molar-refractivity contribution in [3.05, 3.63) is 29.6 Å². The van der Waals surface area contributed by atoms with E-state index in [1.165, 1.54) is 28.7 Å². The zero-order valence-electron chi connectivity index (χ0n) is 17.1. The number of piperazine rings is 1. The Morgan fingerprint density at radius 1 is 1.21 bits per heavy atom. The lowest BCUT2D eigenvalue weighted by molar-refractivity contribution is 0.159. The van der Waals surface area contributed by atoms with Gasteiger partial charge in [-0.2, -0.15) is 0 Å². The molecular weight excluding hydrogens is 368 g/mol. The van der Waals surface area contributed by atoms with Gasteiger partial charge in [0, 0.05) is 61.6 Å². The maximum Gasteiger partial charge on any atom is 0.317 e. The topological polar surface area (TPSA) is 38.8 Å². The summed E-state index contributed by atoms with van der Waals surface area (Å²) < 4.78 is 1.39. The summed E-state index contributed by atoms with van der Waals surface area (Å²) in [6.45, 7) is 8.47. The maximum absolute atomic E-state index is 11.9. The number of anilines is 1. The van der Waals surface area contributed by atoms with E-state index in [-0.39, 0.29) is 6.03 Å². The van der Waals surface area contributed by atoms with Gasteiger partial charge in [0.05, 0.1) is 0 Å². The van der Waals surface area contributed by atoms with Gasteiger partial charge in [0.1, 0.15) is 0 Å². The second-order valence-corrected chi connectivity index (χ2v) is 9.17. The summed E-state index contributed by atoms with van der Waals surface area (Å²) >= 11 is 1.83. The number of fused-ring (bicyclic) bond motifs is 1. The van der Waals surface area contributed by atoms with Crippen LogP contribution in [0.15, 0.2) is 29.6 Å². The summed E-state index contributed by atoms with van der Waals surface area (Å²) in [5.74, 6) is 0.773. The van der Waals surface area contributed by atoms with Crippen molar-refractivity contribution < 1.29 is 4.79 Å². The zero-order chi connectivity index (χ0) is 19.5. The molecule has 2 amide bonds. The monoisotopic (exact) mass is 400 g/mol. The molecule has 2 fully saturated rings. The fourth-order valence-corrected chi connectivity index (χ4v) is 5.16. The molecule has 0 radical (unpaired) electrons. The minimum Gasteiger partial charge on any atom is -0.368 e. The molecule has 1 aliphatic carbocycles. The second kappa shape index (κ2) is 8.70. The molecule has 0 bridgehead atoms. The van der Waals surface area contributed by atoms with Gasteiger partial charge in [0.25, 0.3) is 0 Å². The highest BCUT2D eigenvalue weighted by Gasteiger charge is 2.31. The summed E-state index contributed by atoms with van der Waals surface area (Å²) in [5.41, 5.74) is 1.40. The highest BCUT2D eigenvalue weighted by Crippen LogP contribution is 2.32. The molecule has 1 saturated carbocycles. The molecule has 1 saturated heterocycles. The van der Waals surface area contributed by atoms with Crippen LogP contribution >= 0.6 is 11.3 Å². The van der Waals surface area contributed by atoms with Crippen molar-refractivity contribution in [3.8, 4) is 0 Å². The molecule has 152 valence electrons. The molecule has 1 aromatic heterocycles. The van der Waals surface area contributed by atoms with Crippen LogP contribution in [0.1, 0.15) is 26.2 Å². The number of carbonyl (C=O) groups is 1. The van der Waals surface area contributed by atoms with Crippen LogP contribution in [0.5, 0.6) is 0 Å². The largest absolute Gasteiger partial charge is 0.368 e. The first kappa shape index (κ1) is 19.5. The predicted octanol–water partition coefficient (Wildman–Crippen LogP) is 3.85. The van der Waals surface area contributed by atoms with E-state index in [0.717, 1.165) is 51.5 Å². The van der Waals surface area contributed by atoms with E-state index in [2.05, 4.69) is 44.8 Å². The Labute approximate surface area is 172 Å². The van der Waals surface area contributed by atoms with Crippen molar-refractivity contribution in [1.29, 1.82) is 0 Å². The Morgan fingerprint density at radius 2 is 2.00 bits per heavy atom. The molecule has 28 heavy (non-hydrogen) atoms. The summed E-state index contributed by atoms with van der Waals surface area (Å²) in [6, 6.07) is 9.38. The van der Waals surface area contributed by atoms with Gasteiger partial charge in [-0.3, -0.25) is 4.90 Å². The normalized spacial score (nSPS) is 22.9. The van der Waals surface area contributed by atoms with Gasteiger partial charge in [-0.05, 0) is 62.2 Å². The van der Waals surface area contributed by atoms with E-state index < -0.39 is 0 Å². The Bertz CT molecular complexity index is 793. The predicted molar refractivity (Wildman–Crippen MR) is 118 cm³/mol. The summed E-state index contributed by atoms with van der Waals surface area (Å²) in [6.07, 6.45) is 3.54. The molecule has 0 spiro atoms. The van der Waals surface area contributed by atoms with Crippen LogP contribution in [0.4, 0.5) is 10.5 Å². The third-order valence-corrected chi connectivity index (χ3v) is 7.31. The van der Waals surface area contributed by atoms with E-state index in [1.807, 2.05) is 25.3 Å². The Kier molecular flexibility index (Phi) is 6.07. The first-order chi connectivity index (χ1) is 13.6. The molecule has 0 atom stereocenters. The lowest BCUT2D eigenvalue weighted by atomic mass is 9.78. The third-order valence-electron chi connectivity index (χ3n) is 6.42. The maximum atomic E-state index is 11.9. The van der Waals surface area contributed by atoms with E-state index in [9.17, 15) is 4.79 Å². The van der Waals surface area contributed by atoms with Crippen molar-refractivity contribution in [2.24, 2.45) is 5.92 Å². The SMILES string of the molecule is CCN(C)C(=O)NC1CC(CCN2CCN(c3cccc4sccc34)CC2)C1. The van der Waals surface area contributed by atoms with Gasteiger partial charge >= 0.3 is 6.03 Å². The fraction of sp³-hybridized carbons (Fsp3) is 0.591. The van der Waals surface area contributed by atoms with Crippen LogP contribution in [0, 0.1) is 5.92 Å². The van der Waals surface area contributed by atoms with Crippen LogP contribution in [0.25, 0.3) is 10.1 Å². The zero-order valence-corrected chi connectivity index (χ0v) is 17.9. The van der Waals surface area contributed by atoms with Crippen LogP contribution in [-0.2, 0) is 0 Å². The van der Waals surface area contributed by atoms with Crippen LogP contribution in [0.2, 0.25) is 0 Å². The number of carbonyl (C=O) groups excluding carboxylic acids is 1. The highest BCUT2D eigenvalue weighted by molar-refractivity contribution is 7.17.